The summed E-state index contributed by atoms with van der Waals surface area (Å²) in [6.45, 7) is 3.96. The lowest BCUT2D eigenvalue weighted by Gasteiger charge is -1.99. The van der Waals surface area contributed by atoms with E-state index in [1.54, 1.807) is 6.92 Å². The van der Waals surface area contributed by atoms with Crippen molar-refractivity contribution in [3.63, 3.8) is 0 Å². The van der Waals surface area contributed by atoms with Crippen molar-refractivity contribution in [3.8, 4) is 0 Å². The topological polar surface area (TPSA) is 17.1 Å². The molecule has 0 saturated carbocycles. The predicted octanol–water partition coefficient (Wildman–Crippen LogP) is 6.61. The summed E-state index contributed by atoms with van der Waals surface area (Å²) in [5, 5.41) is 0. The lowest BCUT2D eigenvalue weighted by molar-refractivity contribution is -0.117. The third-order valence-electron chi connectivity index (χ3n) is 3.79. The second-order valence-electron chi connectivity index (χ2n) is 6.04. The van der Waals surface area contributed by atoms with E-state index < -0.39 is 0 Å². The minimum Gasteiger partial charge on any atom is -0.300 e. The molecule has 0 aliphatic rings. The smallest absolute Gasteiger partial charge is 0.129 e. The van der Waals surface area contributed by atoms with Gasteiger partial charge in [-0.15, -0.1) is 0 Å². The number of unbranched alkanes of at least 4 members (excludes halogenated alkanes) is 11. The summed E-state index contributed by atoms with van der Waals surface area (Å²) in [5.74, 6) is 0.336. The van der Waals surface area contributed by atoms with Gasteiger partial charge in [-0.1, -0.05) is 70.4 Å². The summed E-state index contributed by atoms with van der Waals surface area (Å²) in [6, 6.07) is 0. The average molecular weight is 280 g/mol. The summed E-state index contributed by atoms with van der Waals surface area (Å²) in [4.78, 5) is 10.8. The molecule has 0 spiro atoms. The molecule has 0 fully saturated rings. The van der Waals surface area contributed by atoms with Crippen LogP contribution in [0.4, 0.5) is 0 Å². The summed E-state index contributed by atoms with van der Waals surface area (Å²) >= 11 is 0. The number of hydrogen-bond acceptors (Lipinski definition) is 1. The van der Waals surface area contributed by atoms with Crippen molar-refractivity contribution in [2.75, 3.05) is 0 Å². The van der Waals surface area contributed by atoms with Crippen molar-refractivity contribution in [3.05, 3.63) is 12.2 Å². The maximum atomic E-state index is 10.8. The molecular weight excluding hydrogens is 244 g/mol. The van der Waals surface area contributed by atoms with E-state index in [9.17, 15) is 4.79 Å². The number of carbonyl (C=O) groups excluding carboxylic acids is 1. The van der Waals surface area contributed by atoms with E-state index in [1.165, 1.54) is 77.0 Å². The zero-order valence-electron chi connectivity index (χ0n) is 14.0. The van der Waals surface area contributed by atoms with Gasteiger partial charge in [-0.2, -0.15) is 0 Å². The van der Waals surface area contributed by atoms with Crippen LogP contribution in [0, 0.1) is 0 Å². The molecule has 0 amide bonds. The highest BCUT2D eigenvalue weighted by atomic mass is 16.1. The van der Waals surface area contributed by atoms with Crippen molar-refractivity contribution < 1.29 is 4.79 Å². The summed E-state index contributed by atoms with van der Waals surface area (Å²) in [7, 11) is 0. The molecule has 0 atom stereocenters. The third-order valence-corrected chi connectivity index (χ3v) is 3.79. The first kappa shape index (κ1) is 19.4. The highest BCUT2D eigenvalue weighted by Crippen LogP contribution is 2.09. The van der Waals surface area contributed by atoms with Gasteiger partial charge >= 0.3 is 0 Å². The summed E-state index contributed by atoms with van der Waals surface area (Å²) in [5.41, 5.74) is 0. The number of ketones is 1. The van der Waals surface area contributed by atoms with Crippen LogP contribution < -0.4 is 0 Å². The molecular formula is C19H36O. The Bertz CT molecular complexity index is 230. The third kappa shape index (κ3) is 17.4. The highest BCUT2D eigenvalue weighted by Gasteiger charge is 1.93. The molecule has 0 aromatic carbocycles. The highest BCUT2D eigenvalue weighted by molar-refractivity contribution is 5.75. The van der Waals surface area contributed by atoms with Gasteiger partial charge in [-0.3, -0.25) is 0 Å². The van der Waals surface area contributed by atoms with Crippen LogP contribution in [-0.4, -0.2) is 5.78 Å². The molecule has 20 heavy (non-hydrogen) atoms. The molecule has 0 rings (SSSR count). The van der Waals surface area contributed by atoms with E-state index in [2.05, 4.69) is 19.1 Å². The maximum absolute atomic E-state index is 10.8. The van der Waals surface area contributed by atoms with E-state index in [4.69, 9.17) is 0 Å². The van der Waals surface area contributed by atoms with Gasteiger partial charge in [0.1, 0.15) is 5.78 Å². The Morgan fingerprint density at radius 2 is 1.15 bits per heavy atom. The number of rotatable bonds is 15. The largest absolute Gasteiger partial charge is 0.300 e. The van der Waals surface area contributed by atoms with Crippen LogP contribution in [0.3, 0.4) is 0 Å². The number of hydrogen-bond donors (Lipinski definition) is 0. The fourth-order valence-corrected chi connectivity index (χ4v) is 2.44. The van der Waals surface area contributed by atoms with Crippen molar-refractivity contribution >= 4 is 5.78 Å². The molecule has 0 radical (unpaired) electrons. The molecule has 1 heteroatoms. The summed E-state index contributed by atoms with van der Waals surface area (Å²) in [6.07, 6.45) is 22.6. The minimum atomic E-state index is 0.336. The van der Waals surface area contributed by atoms with Crippen LogP contribution in [0.15, 0.2) is 12.2 Å². The van der Waals surface area contributed by atoms with Gasteiger partial charge in [-0.25, -0.2) is 0 Å². The van der Waals surface area contributed by atoms with Gasteiger partial charge in [0.2, 0.25) is 0 Å². The monoisotopic (exact) mass is 280 g/mol. The van der Waals surface area contributed by atoms with Gasteiger partial charge in [0.15, 0.2) is 0 Å². The lowest BCUT2D eigenvalue weighted by atomic mass is 10.1. The Hall–Kier alpha value is -0.590. The van der Waals surface area contributed by atoms with E-state index in [-0.39, 0.29) is 0 Å². The van der Waals surface area contributed by atoms with Crippen LogP contribution in [0.1, 0.15) is 104 Å². The van der Waals surface area contributed by atoms with Gasteiger partial charge in [0, 0.05) is 6.42 Å². The second-order valence-corrected chi connectivity index (χ2v) is 6.04. The van der Waals surface area contributed by atoms with Crippen molar-refractivity contribution in [1.82, 2.24) is 0 Å². The fraction of sp³-hybridized carbons (Fsp3) is 0.842. The van der Waals surface area contributed by atoms with E-state index in [1.807, 2.05) is 0 Å². The average Bonchev–Trinajstić information content (AvgIpc) is 2.43. The summed E-state index contributed by atoms with van der Waals surface area (Å²) < 4.78 is 0. The molecule has 0 unspecified atom stereocenters. The molecule has 0 aliphatic heterocycles. The molecule has 0 saturated heterocycles. The minimum absolute atomic E-state index is 0.336. The molecule has 1 nitrogen and oxygen atoms in total. The van der Waals surface area contributed by atoms with Crippen LogP contribution in [0.25, 0.3) is 0 Å². The molecule has 0 aromatic heterocycles. The number of Topliss-reactive ketones (excluding diaryl/α,β-unsaturated/α-hetero) is 1. The van der Waals surface area contributed by atoms with Crippen LogP contribution in [-0.2, 0) is 4.79 Å². The number of allylic oxidation sites excluding steroid dienone is 2. The Morgan fingerprint density at radius 3 is 1.65 bits per heavy atom. The standard InChI is InChI=1S/C19H36O/c1-3-4-5-6-7-8-9-10-11-12-13-14-15-16-17-18-19(2)20/h10-11H,3-9,12-18H2,1-2H3/b11-10+. The van der Waals surface area contributed by atoms with Gasteiger partial charge in [0.05, 0.1) is 0 Å². The van der Waals surface area contributed by atoms with Crippen LogP contribution in [0.2, 0.25) is 0 Å². The van der Waals surface area contributed by atoms with E-state index >= 15 is 0 Å². The Morgan fingerprint density at radius 1 is 0.700 bits per heavy atom. The number of carbonyl (C=O) groups is 1. The Balaban J connectivity index is 3.07. The van der Waals surface area contributed by atoms with Gasteiger partial charge in [0.25, 0.3) is 0 Å². The molecule has 0 aliphatic carbocycles. The molecule has 118 valence electrons. The van der Waals surface area contributed by atoms with Crippen LogP contribution >= 0.6 is 0 Å². The molecule has 0 N–H and O–H groups in total. The Kier molecular flexibility index (Phi) is 16.0. The first-order valence-corrected chi connectivity index (χ1v) is 8.91. The quantitative estimate of drug-likeness (QED) is 0.243. The first-order valence-electron chi connectivity index (χ1n) is 8.91. The SMILES string of the molecule is CCCCCCCC/C=C/CCCCCCCC(C)=O. The van der Waals surface area contributed by atoms with Crippen molar-refractivity contribution in [1.29, 1.82) is 0 Å². The first-order chi connectivity index (χ1) is 9.77. The van der Waals surface area contributed by atoms with Gasteiger partial charge < -0.3 is 4.79 Å². The zero-order valence-corrected chi connectivity index (χ0v) is 14.0. The lowest BCUT2D eigenvalue weighted by Crippen LogP contribution is -1.89. The van der Waals surface area contributed by atoms with Crippen molar-refractivity contribution in [2.45, 2.75) is 104 Å². The molecule has 0 heterocycles. The normalized spacial score (nSPS) is 11.3. The van der Waals surface area contributed by atoms with E-state index in [0.717, 1.165) is 12.8 Å². The van der Waals surface area contributed by atoms with Gasteiger partial charge in [-0.05, 0) is 39.0 Å². The molecule has 0 aromatic rings. The fourth-order valence-electron chi connectivity index (χ4n) is 2.44. The zero-order chi connectivity index (χ0) is 14.9. The maximum Gasteiger partial charge on any atom is 0.129 e. The second kappa shape index (κ2) is 16.5. The molecule has 0 bridgehead atoms. The van der Waals surface area contributed by atoms with E-state index in [0.29, 0.717) is 5.78 Å². The van der Waals surface area contributed by atoms with Crippen molar-refractivity contribution in [2.24, 2.45) is 0 Å². The predicted molar refractivity (Wildman–Crippen MR) is 90.1 cm³/mol. The Labute approximate surface area is 127 Å². The van der Waals surface area contributed by atoms with Crippen LogP contribution in [0.5, 0.6) is 0 Å².